The molecule has 2 rings (SSSR count). The van der Waals surface area contributed by atoms with Crippen molar-refractivity contribution in [3.05, 3.63) is 28.1 Å². The number of rotatable bonds is 2. The second-order valence-electron chi connectivity index (χ2n) is 4.98. The van der Waals surface area contributed by atoms with Crippen molar-refractivity contribution in [2.24, 2.45) is 13.0 Å². The molecule has 1 aromatic rings. The number of aromatic nitrogens is 1. The highest BCUT2D eigenvalue weighted by atomic mass is 79.9. The average Bonchev–Trinajstić information content (AvgIpc) is 2.74. The van der Waals surface area contributed by atoms with Crippen LogP contribution >= 0.6 is 15.9 Å². The number of likely N-dealkylation sites (tertiary alicyclic amines) is 1. The molecule has 0 saturated carbocycles. The van der Waals surface area contributed by atoms with Gasteiger partial charge in [0, 0.05) is 31.0 Å². The van der Waals surface area contributed by atoms with Crippen molar-refractivity contribution < 1.29 is 9.72 Å². The van der Waals surface area contributed by atoms with Crippen molar-refractivity contribution in [1.82, 2.24) is 9.47 Å². The standard InChI is InChI=1S/C12H16BrN3O3/c1-8-3-4-15(7-10(8)13)12(17)11-5-9(16(18)19)6-14(11)2/h5-6,8,10H,3-4,7H2,1-2H3. The van der Waals surface area contributed by atoms with Crippen LogP contribution in [0.15, 0.2) is 12.3 Å². The molecule has 2 atom stereocenters. The summed E-state index contributed by atoms with van der Waals surface area (Å²) in [5, 5.41) is 10.7. The van der Waals surface area contributed by atoms with Gasteiger partial charge < -0.3 is 9.47 Å². The molecule has 1 saturated heterocycles. The van der Waals surface area contributed by atoms with Crippen LogP contribution in [0.3, 0.4) is 0 Å². The highest BCUT2D eigenvalue weighted by Gasteiger charge is 2.29. The van der Waals surface area contributed by atoms with E-state index in [1.165, 1.54) is 16.8 Å². The molecule has 1 aliphatic heterocycles. The lowest BCUT2D eigenvalue weighted by Gasteiger charge is -2.34. The first-order valence-electron chi connectivity index (χ1n) is 6.14. The Morgan fingerprint density at radius 3 is 2.79 bits per heavy atom. The molecule has 0 aromatic carbocycles. The Balaban J connectivity index is 2.18. The maximum absolute atomic E-state index is 12.4. The fourth-order valence-corrected chi connectivity index (χ4v) is 2.84. The third-order valence-electron chi connectivity index (χ3n) is 3.57. The number of halogens is 1. The van der Waals surface area contributed by atoms with Gasteiger partial charge in [0.05, 0.1) is 11.1 Å². The van der Waals surface area contributed by atoms with Gasteiger partial charge in [0.2, 0.25) is 0 Å². The van der Waals surface area contributed by atoms with Gasteiger partial charge in [-0.05, 0) is 12.3 Å². The number of nitro groups is 1. The molecule has 0 spiro atoms. The highest BCUT2D eigenvalue weighted by molar-refractivity contribution is 9.09. The second kappa shape index (κ2) is 5.32. The number of nitrogens with zero attached hydrogens (tertiary/aromatic N) is 3. The van der Waals surface area contributed by atoms with Crippen LogP contribution in [0.5, 0.6) is 0 Å². The third-order valence-corrected chi connectivity index (χ3v) is 4.77. The molecule has 1 aliphatic rings. The van der Waals surface area contributed by atoms with Crippen LogP contribution in [0.4, 0.5) is 5.69 Å². The number of piperidine rings is 1. The molecule has 1 fully saturated rings. The van der Waals surface area contributed by atoms with Crippen LogP contribution < -0.4 is 0 Å². The van der Waals surface area contributed by atoms with Crippen molar-refractivity contribution in [2.75, 3.05) is 13.1 Å². The number of amides is 1. The molecule has 2 unspecified atom stereocenters. The molecule has 19 heavy (non-hydrogen) atoms. The smallest absolute Gasteiger partial charge is 0.287 e. The Kier molecular flexibility index (Phi) is 3.93. The summed E-state index contributed by atoms with van der Waals surface area (Å²) < 4.78 is 1.52. The largest absolute Gasteiger partial charge is 0.340 e. The van der Waals surface area contributed by atoms with Crippen molar-refractivity contribution in [3.8, 4) is 0 Å². The van der Waals surface area contributed by atoms with E-state index in [1.807, 2.05) is 0 Å². The zero-order valence-electron chi connectivity index (χ0n) is 10.9. The van der Waals surface area contributed by atoms with Crippen molar-refractivity contribution in [3.63, 3.8) is 0 Å². The maximum Gasteiger partial charge on any atom is 0.287 e. The molecule has 104 valence electrons. The second-order valence-corrected chi connectivity index (χ2v) is 6.16. The zero-order chi connectivity index (χ0) is 14.2. The summed E-state index contributed by atoms with van der Waals surface area (Å²) >= 11 is 3.57. The zero-order valence-corrected chi connectivity index (χ0v) is 12.5. The van der Waals surface area contributed by atoms with Crippen molar-refractivity contribution in [1.29, 1.82) is 0 Å². The van der Waals surface area contributed by atoms with Crippen LogP contribution in [0, 0.1) is 16.0 Å². The lowest BCUT2D eigenvalue weighted by atomic mass is 9.99. The highest BCUT2D eigenvalue weighted by Crippen LogP contribution is 2.25. The first-order valence-corrected chi connectivity index (χ1v) is 7.06. The van der Waals surface area contributed by atoms with E-state index in [0.717, 1.165) is 6.42 Å². The van der Waals surface area contributed by atoms with E-state index in [1.54, 1.807) is 11.9 Å². The maximum atomic E-state index is 12.4. The van der Waals surface area contributed by atoms with E-state index in [0.29, 0.717) is 24.7 Å². The van der Waals surface area contributed by atoms with Crippen molar-refractivity contribution >= 4 is 27.5 Å². The predicted octanol–water partition coefficient (Wildman–Crippen LogP) is 2.18. The van der Waals surface area contributed by atoms with Crippen LogP contribution in [-0.2, 0) is 7.05 Å². The van der Waals surface area contributed by atoms with Gasteiger partial charge in [-0.25, -0.2) is 0 Å². The van der Waals surface area contributed by atoms with Crippen LogP contribution in [0.2, 0.25) is 0 Å². The number of hydrogen-bond acceptors (Lipinski definition) is 3. The minimum absolute atomic E-state index is 0.0494. The Morgan fingerprint density at radius 1 is 1.58 bits per heavy atom. The van der Waals surface area contributed by atoms with Crippen LogP contribution in [0.25, 0.3) is 0 Å². The van der Waals surface area contributed by atoms with Gasteiger partial charge >= 0.3 is 0 Å². The SMILES string of the molecule is CC1CCN(C(=O)c2cc([N+](=O)[O-])cn2C)CC1Br. The number of carbonyl (C=O) groups excluding carboxylic acids is 1. The Labute approximate surface area is 119 Å². The first-order chi connectivity index (χ1) is 8.90. The molecule has 1 amide bonds. The monoisotopic (exact) mass is 329 g/mol. The molecule has 1 aromatic heterocycles. The topological polar surface area (TPSA) is 68.4 Å². The minimum Gasteiger partial charge on any atom is -0.340 e. The summed E-state index contributed by atoms with van der Waals surface area (Å²) in [5.41, 5.74) is 0.313. The minimum atomic E-state index is -0.484. The fraction of sp³-hybridized carbons (Fsp3) is 0.583. The van der Waals surface area contributed by atoms with E-state index in [4.69, 9.17) is 0 Å². The summed E-state index contributed by atoms with van der Waals surface area (Å²) in [6.45, 7) is 3.48. The fourth-order valence-electron chi connectivity index (χ4n) is 2.23. The molecule has 6 nitrogen and oxygen atoms in total. The molecule has 0 N–H and O–H groups in total. The predicted molar refractivity (Wildman–Crippen MR) is 74.5 cm³/mol. The number of alkyl halides is 1. The Bertz CT molecular complexity index is 514. The lowest BCUT2D eigenvalue weighted by molar-refractivity contribution is -0.384. The van der Waals surface area contributed by atoms with E-state index in [-0.39, 0.29) is 16.4 Å². The summed E-state index contributed by atoms with van der Waals surface area (Å²) in [6.07, 6.45) is 2.31. The summed E-state index contributed by atoms with van der Waals surface area (Å²) in [6, 6.07) is 1.34. The molecule has 0 radical (unpaired) electrons. The summed E-state index contributed by atoms with van der Waals surface area (Å²) in [4.78, 5) is 24.6. The van der Waals surface area contributed by atoms with Gasteiger partial charge in [0.15, 0.2) is 0 Å². The van der Waals surface area contributed by atoms with Gasteiger partial charge in [-0.1, -0.05) is 22.9 Å². The van der Waals surface area contributed by atoms with Gasteiger partial charge in [-0.3, -0.25) is 14.9 Å². The van der Waals surface area contributed by atoms with E-state index < -0.39 is 4.92 Å². The average molecular weight is 330 g/mol. The number of carbonyl (C=O) groups is 1. The Hall–Kier alpha value is -1.37. The van der Waals surface area contributed by atoms with Gasteiger partial charge in [0.25, 0.3) is 11.6 Å². The van der Waals surface area contributed by atoms with Gasteiger partial charge in [-0.2, -0.15) is 0 Å². The van der Waals surface area contributed by atoms with Gasteiger partial charge in [-0.15, -0.1) is 0 Å². The number of aryl methyl sites for hydroxylation is 1. The van der Waals surface area contributed by atoms with E-state index >= 15 is 0 Å². The number of hydrogen-bond donors (Lipinski definition) is 0. The molecule has 2 heterocycles. The quantitative estimate of drug-likeness (QED) is 0.474. The van der Waals surface area contributed by atoms with Gasteiger partial charge in [0.1, 0.15) is 5.69 Å². The molecule has 7 heteroatoms. The van der Waals surface area contributed by atoms with E-state index in [2.05, 4.69) is 22.9 Å². The lowest BCUT2D eigenvalue weighted by Crippen LogP contribution is -2.44. The molecule has 0 bridgehead atoms. The normalized spacial score (nSPS) is 23.4. The molecule has 0 aliphatic carbocycles. The molecular formula is C12H16BrN3O3. The first kappa shape index (κ1) is 14.0. The van der Waals surface area contributed by atoms with E-state index in [9.17, 15) is 14.9 Å². The van der Waals surface area contributed by atoms with Crippen LogP contribution in [0.1, 0.15) is 23.8 Å². The summed E-state index contributed by atoms with van der Waals surface area (Å²) in [5.74, 6) is 0.388. The van der Waals surface area contributed by atoms with Crippen LogP contribution in [-0.4, -0.2) is 38.2 Å². The molecular weight excluding hydrogens is 314 g/mol. The van der Waals surface area contributed by atoms with Crippen molar-refractivity contribution in [2.45, 2.75) is 18.2 Å². The summed E-state index contributed by atoms with van der Waals surface area (Å²) in [7, 11) is 1.65. The third kappa shape index (κ3) is 2.80. The Morgan fingerprint density at radius 2 is 2.26 bits per heavy atom.